The first kappa shape index (κ1) is 9.52. The fraction of sp³-hybridized carbons (Fsp3) is 0.889. The third kappa shape index (κ3) is 2.21. The normalized spacial score (nSPS) is 21.8. The Bertz CT molecular complexity index is 153. The maximum absolute atomic E-state index is 11.1. The summed E-state index contributed by atoms with van der Waals surface area (Å²) < 4.78 is 4.68. The highest BCUT2D eigenvalue weighted by molar-refractivity contribution is 5.75. The first-order valence-corrected chi connectivity index (χ1v) is 4.57. The maximum Gasteiger partial charge on any atom is 0.322 e. The van der Waals surface area contributed by atoms with Crippen molar-refractivity contribution in [3.63, 3.8) is 0 Å². The molecule has 0 N–H and O–H groups in total. The molecule has 1 aliphatic heterocycles. The second-order valence-corrected chi connectivity index (χ2v) is 3.30. The summed E-state index contributed by atoms with van der Waals surface area (Å²) in [5.74, 6) is -0.114. The average molecular weight is 171 g/mol. The SMILES string of the molecule is COC(=O)C(C)N1CCCCC1. The van der Waals surface area contributed by atoms with Crippen LogP contribution in [0, 0.1) is 0 Å². The van der Waals surface area contributed by atoms with Gasteiger partial charge in [-0.05, 0) is 32.9 Å². The van der Waals surface area contributed by atoms with Gasteiger partial charge in [0.2, 0.25) is 0 Å². The van der Waals surface area contributed by atoms with Crippen molar-refractivity contribution < 1.29 is 9.53 Å². The Kier molecular flexibility index (Phi) is 3.53. The molecule has 0 bridgehead atoms. The van der Waals surface area contributed by atoms with E-state index in [0.717, 1.165) is 13.1 Å². The molecular formula is C9H17NO2. The van der Waals surface area contributed by atoms with Gasteiger partial charge in [-0.15, -0.1) is 0 Å². The standard InChI is InChI=1S/C9H17NO2/c1-8(9(11)12-2)10-6-4-3-5-7-10/h8H,3-7H2,1-2H3. The number of hydrogen-bond acceptors (Lipinski definition) is 3. The van der Waals surface area contributed by atoms with Crippen molar-refractivity contribution in [1.29, 1.82) is 0 Å². The molecule has 0 spiro atoms. The molecule has 0 aromatic heterocycles. The number of esters is 1. The Hall–Kier alpha value is -0.570. The van der Waals surface area contributed by atoms with Gasteiger partial charge in [-0.1, -0.05) is 6.42 Å². The third-order valence-electron chi connectivity index (χ3n) is 2.48. The molecule has 1 fully saturated rings. The summed E-state index contributed by atoms with van der Waals surface area (Å²) in [5.41, 5.74) is 0. The van der Waals surface area contributed by atoms with Crippen LogP contribution in [0.5, 0.6) is 0 Å². The highest BCUT2D eigenvalue weighted by Gasteiger charge is 2.22. The lowest BCUT2D eigenvalue weighted by Gasteiger charge is -2.30. The summed E-state index contributed by atoms with van der Waals surface area (Å²) in [6.07, 6.45) is 3.72. The van der Waals surface area contributed by atoms with Gasteiger partial charge < -0.3 is 4.74 Å². The van der Waals surface area contributed by atoms with Crippen molar-refractivity contribution in [3.05, 3.63) is 0 Å². The lowest BCUT2D eigenvalue weighted by atomic mass is 10.1. The topological polar surface area (TPSA) is 29.5 Å². The first-order valence-electron chi connectivity index (χ1n) is 4.57. The van der Waals surface area contributed by atoms with Crippen LogP contribution in [0.25, 0.3) is 0 Å². The molecule has 1 unspecified atom stereocenters. The summed E-state index contributed by atoms with van der Waals surface area (Å²) in [7, 11) is 1.45. The van der Waals surface area contributed by atoms with Gasteiger partial charge in [-0.3, -0.25) is 9.69 Å². The molecular weight excluding hydrogens is 154 g/mol. The molecule has 0 radical (unpaired) electrons. The molecule has 3 nitrogen and oxygen atoms in total. The van der Waals surface area contributed by atoms with Crippen LogP contribution in [0.3, 0.4) is 0 Å². The smallest absolute Gasteiger partial charge is 0.322 e. The number of nitrogens with zero attached hydrogens (tertiary/aromatic N) is 1. The molecule has 70 valence electrons. The number of carbonyl (C=O) groups excluding carboxylic acids is 1. The number of methoxy groups -OCH3 is 1. The van der Waals surface area contributed by atoms with Gasteiger partial charge in [0.15, 0.2) is 0 Å². The number of ether oxygens (including phenoxy) is 1. The van der Waals surface area contributed by atoms with Gasteiger partial charge >= 0.3 is 5.97 Å². The van der Waals surface area contributed by atoms with Gasteiger partial charge in [0.05, 0.1) is 7.11 Å². The van der Waals surface area contributed by atoms with E-state index in [0.29, 0.717) is 0 Å². The van der Waals surface area contributed by atoms with E-state index in [9.17, 15) is 4.79 Å². The zero-order valence-corrected chi connectivity index (χ0v) is 7.88. The minimum absolute atomic E-state index is 0.0599. The molecule has 1 aliphatic rings. The second-order valence-electron chi connectivity index (χ2n) is 3.30. The molecule has 0 aliphatic carbocycles. The molecule has 3 heteroatoms. The molecule has 1 heterocycles. The van der Waals surface area contributed by atoms with Crippen molar-refractivity contribution >= 4 is 5.97 Å². The zero-order valence-electron chi connectivity index (χ0n) is 7.88. The summed E-state index contributed by atoms with van der Waals surface area (Å²) >= 11 is 0. The third-order valence-corrected chi connectivity index (χ3v) is 2.48. The fourth-order valence-corrected chi connectivity index (χ4v) is 1.63. The average Bonchev–Trinajstić information content (AvgIpc) is 2.17. The van der Waals surface area contributed by atoms with E-state index in [2.05, 4.69) is 9.64 Å². The molecule has 0 aromatic carbocycles. The summed E-state index contributed by atoms with van der Waals surface area (Å²) in [6, 6.07) is -0.0599. The van der Waals surface area contributed by atoms with E-state index >= 15 is 0 Å². The van der Waals surface area contributed by atoms with E-state index < -0.39 is 0 Å². The van der Waals surface area contributed by atoms with E-state index in [1.54, 1.807) is 0 Å². The Morgan fingerprint density at radius 2 is 1.92 bits per heavy atom. The molecule has 0 saturated carbocycles. The number of carbonyl (C=O) groups is 1. The fourth-order valence-electron chi connectivity index (χ4n) is 1.63. The monoisotopic (exact) mass is 171 g/mol. The Morgan fingerprint density at radius 1 is 1.33 bits per heavy atom. The summed E-state index contributed by atoms with van der Waals surface area (Å²) in [4.78, 5) is 13.3. The van der Waals surface area contributed by atoms with Crippen LogP contribution < -0.4 is 0 Å². The van der Waals surface area contributed by atoms with Crippen LogP contribution in [-0.2, 0) is 9.53 Å². The van der Waals surface area contributed by atoms with E-state index in [1.807, 2.05) is 6.92 Å². The van der Waals surface area contributed by atoms with Crippen LogP contribution in [0.2, 0.25) is 0 Å². The first-order chi connectivity index (χ1) is 5.75. The van der Waals surface area contributed by atoms with Crippen molar-refractivity contribution in [3.8, 4) is 0 Å². The van der Waals surface area contributed by atoms with Crippen LogP contribution in [0.4, 0.5) is 0 Å². The Morgan fingerprint density at radius 3 is 2.42 bits per heavy atom. The van der Waals surface area contributed by atoms with Gasteiger partial charge in [0.1, 0.15) is 6.04 Å². The predicted octanol–water partition coefficient (Wildman–Crippen LogP) is 1.03. The Balaban J connectivity index is 2.39. The molecule has 1 rings (SSSR count). The van der Waals surface area contributed by atoms with Crippen LogP contribution in [0.1, 0.15) is 26.2 Å². The van der Waals surface area contributed by atoms with E-state index in [4.69, 9.17) is 0 Å². The highest BCUT2D eigenvalue weighted by Crippen LogP contribution is 2.12. The number of rotatable bonds is 2. The number of likely N-dealkylation sites (tertiary alicyclic amines) is 1. The quantitative estimate of drug-likeness (QED) is 0.581. The van der Waals surface area contributed by atoms with Crippen molar-refractivity contribution in [2.45, 2.75) is 32.2 Å². The minimum atomic E-state index is -0.114. The molecule has 0 aromatic rings. The minimum Gasteiger partial charge on any atom is -0.468 e. The lowest BCUT2D eigenvalue weighted by molar-refractivity contribution is -0.146. The molecule has 1 atom stereocenters. The molecule has 1 saturated heterocycles. The largest absolute Gasteiger partial charge is 0.468 e. The van der Waals surface area contributed by atoms with E-state index in [-0.39, 0.29) is 12.0 Å². The molecule has 12 heavy (non-hydrogen) atoms. The number of hydrogen-bond donors (Lipinski definition) is 0. The predicted molar refractivity (Wildman–Crippen MR) is 46.9 cm³/mol. The Labute approximate surface area is 73.7 Å². The lowest BCUT2D eigenvalue weighted by Crippen LogP contribution is -2.42. The van der Waals surface area contributed by atoms with Crippen molar-refractivity contribution in [2.75, 3.05) is 20.2 Å². The highest BCUT2D eigenvalue weighted by atomic mass is 16.5. The van der Waals surface area contributed by atoms with Crippen LogP contribution >= 0.6 is 0 Å². The zero-order chi connectivity index (χ0) is 8.97. The summed E-state index contributed by atoms with van der Waals surface area (Å²) in [5, 5.41) is 0. The molecule has 0 amide bonds. The van der Waals surface area contributed by atoms with Gasteiger partial charge in [-0.25, -0.2) is 0 Å². The van der Waals surface area contributed by atoms with E-state index in [1.165, 1.54) is 26.4 Å². The van der Waals surface area contributed by atoms with Gasteiger partial charge in [-0.2, -0.15) is 0 Å². The van der Waals surface area contributed by atoms with Crippen molar-refractivity contribution in [1.82, 2.24) is 4.90 Å². The van der Waals surface area contributed by atoms with Gasteiger partial charge in [0.25, 0.3) is 0 Å². The van der Waals surface area contributed by atoms with Crippen LogP contribution in [-0.4, -0.2) is 37.1 Å². The maximum atomic E-state index is 11.1. The van der Waals surface area contributed by atoms with Crippen LogP contribution in [0.15, 0.2) is 0 Å². The summed E-state index contributed by atoms with van der Waals surface area (Å²) in [6.45, 7) is 3.99. The number of piperidine rings is 1. The van der Waals surface area contributed by atoms with Gasteiger partial charge in [0, 0.05) is 0 Å². The second kappa shape index (κ2) is 4.45. The van der Waals surface area contributed by atoms with Crippen molar-refractivity contribution in [2.24, 2.45) is 0 Å².